The molecule has 1 heteroatoms. The normalized spacial score (nSPS) is 17.2. The largest absolute Gasteiger partial charge is 0.0693 e. The standard InChI is InChI=1S/C24H32Si/c1-17-13-23-20(14-21(24(23,3)4)16-25(5,6)7)15-22(17)18(2)19-11-9-8-10-12-19/h8-15,18H,16H2,1-7H3. The number of hydrogen-bond donors (Lipinski definition) is 0. The fourth-order valence-electron chi connectivity index (χ4n) is 4.18. The van der Waals surface area contributed by atoms with Gasteiger partial charge in [0.1, 0.15) is 0 Å². The van der Waals surface area contributed by atoms with Crippen LogP contribution in [0.25, 0.3) is 6.08 Å². The van der Waals surface area contributed by atoms with Crippen molar-refractivity contribution in [2.75, 3.05) is 0 Å². The number of fused-ring (bicyclic) bond motifs is 1. The van der Waals surface area contributed by atoms with Gasteiger partial charge in [-0.2, -0.15) is 0 Å². The Kier molecular flexibility index (Phi) is 4.57. The van der Waals surface area contributed by atoms with E-state index in [9.17, 15) is 0 Å². The van der Waals surface area contributed by atoms with Crippen molar-refractivity contribution < 1.29 is 0 Å². The molecule has 132 valence electrons. The summed E-state index contributed by atoms with van der Waals surface area (Å²) in [5, 5.41) is 0. The van der Waals surface area contributed by atoms with Crippen LogP contribution in [-0.2, 0) is 5.41 Å². The summed E-state index contributed by atoms with van der Waals surface area (Å²) in [4.78, 5) is 0. The molecule has 0 aromatic heterocycles. The molecule has 0 N–H and O–H groups in total. The lowest BCUT2D eigenvalue weighted by atomic mass is 9.79. The molecule has 2 aromatic carbocycles. The van der Waals surface area contributed by atoms with Gasteiger partial charge in [0.2, 0.25) is 0 Å². The summed E-state index contributed by atoms with van der Waals surface area (Å²) in [5.41, 5.74) is 9.05. The van der Waals surface area contributed by atoms with Crippen molar-refractivity contribution in [2.24, 2.45) is 0 Å². The van der Waals surface area contributed by atoms with Crippen molar-refractivity contribution in [1.82, 2.24) is 0 Å². The van der Waals surface area contributed by atoms with Gasteiger partial charge < -0.3 is 0 Å². The Bertz CT molecular complexity index is 804. The molecule has 0 saturated carbocycles. The molecule has 0 amide bonds. The average Bonchev–Trinajstić information content (AvgIpc) is 2.76. The Morgan fingerprint density at radius 3 is 2.24 bits per heavy atom. The number of benzene rings is 2. The van der Waals surface area contributed by atoms with Crippen LogP contribution >= 0.6 is 0 Å². The molecule has 2 aromatic rings. The fourth-order valence-corrected chi connectivity index (χ4v) is 5.86. The van der Waals surface area contributed by atoms with Crippen molar-refractivity contribution in [2.45, 2.75) is 64.7 Å². The van der Waals surface area contributed by atoms with Gasteiger partial charge in [0, 0.05) is 19.4 Å². The molecule has 0 heterocycles. The maximum Gasteiger partial charge on any atom is 0.0483 e. The smallest absolute Gasteiger partial charge is 0.0483 e. The van der Waals surface area contributed by atoms with Crippen LogP contribution < -0.4 is 0 Å². The van der Waals surface area contributed by atoms with Crippen molar-refractivity contribution in [3.05, 3.63) is 75.9 Å². The van der Waals surface area contributed by atoms with Gasteiger partial charge in [0.25, 0.3) is 0 Å². The number of allylic oxidation sites excluding steroid dienone is 1. The third-order valence-electron chi connectivity index (χ3n) is 5.73. The lowest BCUT2D eigenvalue weighted by Gasteiger charge is -2.29. The van der Waals surface area contributed by atoms with Gasteiger partial charge in [-0.1, -0.05) is 94.5 Å². The zero-order chi connectivity index (χ0) is 18.4. The first-order valence-corrected chi connectivity index (χ1v) is 13.2. The van der Waals surface area contributed by atoms with Crippen LogP contribution in [0.2, 0.25) is 25.7 Å². The molecule has 1 aliphatic carbocycles. The first-order valence-electron chi connectivity index (χ1n) is 9.50. The quantitative estimate of drug-likeness (QED) is 0.514. The molecule has 0 radical (unpaired) electrons. The third-order valence-corrected chi connectivity index (χ3v) is 7.17. The second kappa shape index (κ2) is 6.28. The van der Waals surface area contributed by atoms with Gasteiger partial charge in [-0.05, 0) is 40.8 Å². The maximum absolute atomic E-state index is 2.49. The summed E-state index contributed by atoms with van der Waals surface area (Å²) >= 11 is 0. The molecule has 0 saturated heterocycles. The Hall–Kier alpha value is -1.60. The first-order chi connectivity index (χ1) is 11.6. The molecule has 3 rings (SSSR count). The number of rotatable bonds is 4. The minimum absolute atomic E-state index is 0.175. The molecular formula is C24H32Si. The van der Waals surface area contributed by atoms with Gasteiger partial charge in [0.15, 0.2) is 0 Å². The van der Waals surface area contributed by atoms with E-state index < -0.39 is 8.07 Å². The van der Waals surface area contributed by atoms with E-state index in [-0.39, 0.29) is 5.41 Å². The predicted octanol–water partition coefficient (Wildman–Crippen LogP) is 7.16. The number of hydrogen-bond acceptors (Lipinski definition) is 0. The van der Waals surface area contributed by atoms with E-state index >= 15 is 0 Å². The van der Waals surface area contributed by atoms with E-state index in [1.807, 2.05) is 0 Å². The second-order valence-corrected chi connectivity index (χ2v) is 14.9. The molecule has 0 aliphatic heterocycles. The predicted molar refractivity (Wildman–Crippen MR) is 114 cm³/mol. The zero-order valence-corrected chi connectivity index (χ0v) is 17.9. The molecule has 0 spiro atoms. The summed E-state index contributed by atoms with van der Waals surface area (Å²) in [6.45, 7) is 16.8. The lowest BCUT2D eigenvalue weighted by Crippen LogP contribution is -2.26. The van der Waals surface area contributed by atoms with Crippen molar-refractivity contribution in [1.29, 1.82) is 0 Å². The van der Waals surface area contributed by atoms with Crippen LogP contribution in [-0.4, -0.2) is 8.07 Å². The van der Waals surface area contributed by atoms with Crippen molar-refractivity contribution >= 4 is 14.1 Å². The van der Waals surface area contributed by atoms with E-state index in [2.05, 4.69) is 95.9 Å². The highest BCUT2D eigenvalue weighted by Crippen LogP contribution is 2.46. The van der Waals surface area contributed by atoms with E-state index in [1.165, 1.54) is 33.9 Å². The summed E-state index contributed by atoms with van der Waals surface area (Å²) in [5.74, 6) is 0.434. The topological polar surface area (TPSA) is 0 Å². The van der Waals surface area contributed by atoms with Crippen LogP contribution in [0.4, 0.5) is 0 Å². The van der Waals surface area contributed by atoms with Gasteiger partial charge in [0.05, 0.1) is 0 Å². The Balaban J connectivity index is 2.04. The Morgan fingerprint density at radius 1 is 1.00 bits per heavy atom. The molecule has 1 aliphatic rings. The zero-order valence-electron chi connectivity index (χ0n) is 16.9. The monoisotopic (exact) mass is 348 g/mol. The lowest BCUT2D eigenvalue weighted by molar-refractivity contribution is 0.636. The molecular weight excluding hydrogens is 316 g/mol. The fraction of sp³-hybridized carbons (Fsp3) is 0.417. The van der Waals surface area contributed by atoms with E-state index in [4.69, 9.17) is 0 Å². The van der Waals surface area contributed by atoms with Gasteiger partial charge >= 0.3 is 0 Å². The highest BCUT2D eigenvalue weighted by molar-refractivity contribution is 6.76. The van der Waals surface area contributed by atoms with Crippen LogP contribution in [0.1, 0.15) is 54.5 Å². The molecule has 0 bridgehead atoms. The number of aryl methyl sites for hydroxylation is 1. The minimum atomic E-state index is -1.12. The molecule has 1 atom stereocenters. The summed E-state index contributed by atoms with van der Waals surface area (Å²) in [6.07, 6.45) is 2.49. The Morgan fingerprint density at radius 2 is 1.64 bits per heavy atom. The molecule has 25 heavy (non-hydrogen) atoms. The molecule has 0 nitrogen and oxygen atoms in total. The summed E-state index contributed by atoms with van der Waals surface area (Å²) in [7, 11) is -1.12. The van der Waals surface area contributed by atoms with Gasteiger partial charge in [-0.25, -0.2) is 0 Å². The van der Waals surface area contributed by atoms with Crippen LogP contribution in [0.15, 0.2) is 48.0 Å². The third kappa shape index (κ3) is 3.53. The average molecular weight is 349 g/mol. The van der Waals surface area contributed by atoms with E-state index in [0.29, 0.717) is 5.92 Å². The molecule has 0 fully saturated rings. The highest BCUT2D eigenvalue weighted by Gasteiger charge is 2.35. The molecule has 1 unspecified atom stereocenters. The second-order valence-electron chi connectivity index (χ2n) is 9.46. The van der Waals surface area contributed by atoms with Gasteiger partial charge in [-0.3, -0.25) is 0 Å². The summed E-state index contributed by atoms with van der Waals surface area (Å²) < 4.78 is 0. The van der Waals surface area contributed by atoms with Gasteiger partial charge in [-0.15, -0.1) is 0 Å². The van der Waals surface area contributed by atoms with Crippen LogP contribution in [0.3, 0.4) is 0 Å². The first kappa shape index (κ1) is 18.2. The maximum atomic E-state index is 2.49. The minimum Gasteiger partial charge on any atom is -0.0693 e. The Labute approximate surface area is 155 Å². The van der Waals surface area contributed by atoms with Crippen LogP contribution in [0.5, 0.6) is 0 Å². The van der Waals surface area contributed by atoms with E-state index in [1.54, 1.807) is 5.57 Å². The highest BCUT2D eigenvalue weighted by atomic mass is 28.3. The SMILES string of the molecule is Cc1cc2c(cc1C(C)c1ccccc1)C=C(C[Si](C)(C)C)C2(C)C. The van der Waals surface area contributed by atoms with Crippen molar-refractivity contribution in [3.63, 3.8) is 0 Å². The van der Waals surface area contributed by atoms with Crippen LogP contribution in [0, 0.1) is 6.92 Å². The summed E-state index contributed by atoms with van der Waals surface area (Å²) in [6, 6.07) is 17.1. The van der Waals surface area contributed by atoms with Crippen molar-refractivity contribution in [3.8, 4) is 0 Å². The van der Waals surface area contributed by atoms with E-state index in [0.717, 1.165) is 0 Å².